The number of rotatable bonds is 1. The smallest absolute Gasteiger partial charge is 0.0950 e. The van der Waals surface area contributed by atoms with E-state index in [0.29, 0.717) is 0 Å². The van der Waals surface area contributed by atoms with Crippen LogP contribution in [-0.2, 0) is 0 Å². The molecule has 0 radical (unpaired) electrons. The van der Waals surface area contributed by atoms with E-state index in [1.165, 1.54) is 0 Å². The molecule has 3 heteroatoms. The third-order valence-corrected chi connectivity index (χ3v) is 1.64. The first-order valence-corrected chi connectivity index (χ1v) is 3.42. The van der Waals surface area contributed by atoms with Crippen molar-refractivity contribution in [1.82, 2.24) is 4.31 Å². The van der Waals surface area contributed by atoms with Gasteiger partial charge < -0.3 is 4.31 Å². The van der Waals surface area contributed by atoms with Gasteiger partial charge in [0, 0.05) is 6.26 Å². The minimum absolute atomic E-state index is 0.973. The maximum absolute atomic E-state index is 4.02. The molecule has 1 rings (SSSR count). The van der Waals surface area contributed by atoms with Gasteiger partial charge in [-0.2, -0.15) is 0 Å². The summed E-state index contributed by atoms with van der Waals surface area (Å²) in [5.41, 5.74) is 0. The number of hydrogen-bond donors (Lipinski definition) is 0. The summed E-state index contributed by atoms with van der Waals surface area (Å²) >= 11 is 1.72. The van der Waals surface area contributed by atoms with Gasteiger partial charge in [-0.15, -0.1) is 0 Å². The van der Waals surface area contributed by atoms with E-state index in [1.807, 2.05) is 6.34 Å². The first-order chi connectivity index (χ1) is 3.43. The van der Waals surface area contributed by atoms with Crippen LogP contribution in [0.2, 0.25) is 0 Å². The highest BCUT2D eigenvalue weighted by Crippen LogP contribution is 2.03. The van der Waals surface area contributed by atoms with Crippen LogP contribution in [0.15, 0.2) is 4.99 Å². The van der Waals surface area contributed by atoms with Crippen molar-refractivity contribution >= 4 is 18.3 Å². The molecule has 0 fully saturated rings. The van der Waals surface area contributed by atoms with E-state index in [-0.39, 0.29) is 0 Å². The number of nitrogens with zero attached hydrogens (tertiary/aromatic N) is 2. The fourth-order valence-electron chi connectivity index (χ4n) is 0.501. The lowest BCUT2D eigenvalue weighted by molar-refractivity contribution is 0.751. The van der Waals surface area contributed by atoms with Gasteiger partial charge in [-0.1, -0.05) is 11.9 Å². The zero-order valence-corrected chi connectivity index (χ0v) is 5.11. The Morgan fingerprint density at radius 2 is 2.71 bits per heavy atom. The van der Waals surface area contributed by atoms with Gasteiger partial charge in [0.25, 0.3) is 0 Å². The average molecular weight is 116 g/mol. The first kappa shape index (κ1) is 4.97. The van der Waals surface area contributed by atoms with Crippen molar-refractivity contribution in [3.8, 4) is 0 Å². The standard InChI is InChI=1S/C4H8N2S/c1-7-6-3-2-5-4-6/h4H,2-3H2,1H3. The molecule has 0 bridgehead atoms. The van der Waals surface area contributed by atoms with E-state index >= 15 is 0 Å². The Morgan fingerprint density at radius 3 is 3.00 bits per heavy atom. The molecule has 0 N–H and O–H groups in total. The van der Waals surface area contributed by atoms with E-state index in [2.05, 4.69) is 15.6 Å². The summed E-state index contributed by atoms with van der Waals surface area (Å²) in [6.07, 6.45) is 3.93. The molecule has 0 atom stereocenters. The molecule has 0 unspecified atom stereocenters. The van der Waals surface area contributed by atoms with Gasteiger partial charge in [0.2, 0.25) is 0 Å². The summed E-state index contributed by atoms with van der Waals surface area (Å²) < 4.78 is 2.11. The monoisotopic (exact) mass is 116 g/mol. The third kappa shape index (κ3) is 1.09. The van der Waals surface area contributed by atoms with Crippen molar-refractivity contribution in [2.45, 2.75) is 0 Å². The summed E-state index contributed by atoms with van der Waals surface area (Å²) in [4.78, 5) is 4.02. The van der Waals surface area contributed by atoms with Gasteiger partial charge in [0.1, 0.15) is 0 Å². The molecule has 0 aromatic carbocycles. The maximum atomic E-state index is 4.02. The Hall–Kier alpha value is -0.180. The zero-order valence-electron chi connectivity index (χ0n) is 4.29. The lowest BCUT2D eigenvalue weighted by Crippen LogP contribution is -2.08. The van der Waals surface area contributed by atoms with Crippen LogP contribution in [0.4, 0.5) is 0 Å². The fraction of sp³-hybridized carbons (Fsp3) is 0.750. The molecule has 1 aliphatic rings. The Labute approximate surface area is 47.7 Å². The summed E-state index contributed by atoms with van der Waals surface area (Å²) in [6.45, 7) is 2.06. The molecule has 2 nitrogen and oxygen atoms in total. The third-order valence-electron chi connectivity index (χ3n) is 0.894. The molecule has 7 heavy (non-hydrogen) atoms. The predicted molar refractivity (Wildman–Crippen MR) is 33.6 cm³/mol. The van der Waals surface area contributed by atoms with Crippen molar-refractivity contribution in [1.29, 1.82) is 0 Å². The highest BCUT2D eigenvalue weighted by molar-refractivity contribution is 7.96. The van der Waals surface area contributed by atoms with Crippen molar-refractivity contribution in [2.75, 3.05) is 19.3 Å². The number of hydrogen-bond acceptors (Lipinski definition) is 3. The maximum Gasteiger partial charge on any atom is 0.0950 e. The van der Waals surface area contributed by atoms with Crippen molar-refractivity contribution in [3.63, 3.8) is 0 Å². The topological polar surface area (TPSA) is 15.6 Å². The lowest BCUT2D eigenvalue weighted by atomic mass is 10.7. The van der Waals surface area contributed by atoms with Gasteiger partial charge in [0.15, 0.2) is 0 Å². The van der Waals surface area contributed by atoms with Crippen LogP contribution in [0.5, 0.6) is 0 Å². The molecule has 0 spiro atoms. The normalized spacial score (nSPS) is 18.7. The zero-order chi connectivity index (χ0) is 5.11. The van der Waals surface area contributed by atoms with Crippen LogP contribution in [0, 0.1) is 0 Å². The summed E-state index contributed by atoms with van der Waals surface area (Å²) in [5, 5.41) is 0. The van der Waals surface area contributed by atoms with Gasteiger partial charge in [-0.05, 0) is 0 Å². The molecule has 0 aliphatic carbocycles. The highest BCUT2D eigenvalue weighted by Gasteiger charge is 1.99. The predicted octanol–water partition coefficient (Wildman–Crippen LogP) is 0.608. The highest BCUT2D eigenvalue weighted by atomic mass is 32.2. The van der Waals surface area contributed by atoms with Crippen LogP contribution in [0.3, 0.4) is 0 Å². The lowest BCUT2D eigenvalue weighted by Gasteiger charge is -2.05. The van der Waals surface area contributed by atoms with E-state index < -0.39 is 0 Å². The molecule has 0 amide bonds. The molecular weight excluding hydrogens is 108 g/mol. The second-order valence-corrected chi connectivity index (χ2v) is 2.18. The SMILES string of the molecule is CSN1C=NCC1. The van der Waals surface area contributed by atoms with Gasteiger partial charge >= 0.3 is 0 Å². The minimum Gasteiger partial charge on any atom is -0.305 e. The molecule has 40 valence electrons. The van der Waals surface area contributed by atoms with Gasteiger partial charge in [0.05, 0.1) is 19.4 Å². The number of aliphatic imine (C=N–C) groups is 1. The first-order valence-electron chi connectivity index (χ1n) is 2.24. The summed E-state index contributed by atoms with van der Waals surface area (Å²) in [7, 11) is 0. The van der Waals surface area contributed by atoms with E-state index in [4.69, 9.17) is 0 Å². The Kier molecular flexibility index (Phi) is 1.57. The van der Waals surface area contributed by atoms with Crippen LogP contribution in [0.25, 0.3) is 0 Å². The van der Waals surface area contributed by atoms with Crippen molar-refractivity contribution in [2.24, 2.45) is 4.99 Å². The molecule has 0 aromatic heterocycles. The Balaban J connectivity index is 2.28. The fourth-order valence-corrected chi connectivity index (χ4v) is 0.926. The van der Waals surface area contributed by atoms with E-state index in [0.717, 1.165) is 13.1 Å². The summed E-state index contributed by atoms with van der Waals surface area (Å²) in [6, 6.07) is 0. The minimum atomic E-state index is 0.973. The van der Waals surface area contributed by atoms with Crippen molar-refractivity contribution in [3.05, 3.63) is 0 Å². The van der Waals surface area contributed by atoms with E-state index in [1.54, 1.807) is 11.9 Å². The molecular formula is C4H8N2S. The average Bonchev–Trinajstić information content (AvgIpc) is 2.14. The Bertz CT molecular complexity index is 81.8. The molecule has 0 saturated heterocycles. The molecule has 0 saturated carbocycles. The Morgan fingerprint density at radius 1 is 1.86 bits per heavy atom. The van der Waals surface area contributed by atoms with Crippen LogP contribution in [-0.4, -0.2) is 30.0 Å². The second kappa shape index (κ2) is 2.21. The van der Waals surface area contributed by atoms with E-state index in [9.17, 15) is 0 Å². The largest absolute Gasteiger partial charge is 0.305 e. The van der Waals surface area contributed by atoms with Gasteiger partial charge in [-0.25, -0.2) is 0 Å². The molecule has 1 heterocycles. The van der Waals surface area contributed by atoms with Crippen LogP contribution >= 0.6 is 11.9 Å². The van der Waals surface area contributed by atoms with Gasteiger partial charge in [-0.3, -0.25) is 4.99 Å². The summed E-state index contributed by atoms with van der Waals surface area (Å²) in [5.74, 6) is 0. The quantitative estimate of drug-likeness (QED) is 0.466. The van der Waals surface area contributed by atoms with Crippen molar-refractivity contribution < 1.29 is 0 Å². The second-order valence-electron chi connectivity index (χ2n) is 1.34. The van der Waals surface area contributed by atoms with Crippen LogP contribution < -0.4 is 0 Å². The van der Waals surface area contributed by atoms with Crippen LogP contribution in [0.1, 0.15) is 0 Å². The molecule has 0 aromatic rings. The molecule has 1 aliphatic heterocycles.